The smallest absolute Gasteiger partial charge is 0.138 e. The molecular formula is C16H23ClN4. The van der Waals surface area contributed by atoms with Crippen molar-refractivity contribution in [3.05, 3.63) is 35.9 Å². The molecule has 0 saturated carbocycles. The summed E-state index contributed by atoms with van der Waals surface area (Å²) in [7, 11) is 0. The number of anilines is 1. The lowest BCUT2D eigenvalue weighted by atomic mass is 10.1. The Kier molecular flexibility index (Phi) is 6.54. The predicted octanol–water partition coefficient (Wildman–Crippen LogP) is 4.69. The van der Waals surface area contributed by atoms with Crippen molar-refractivity contribution in [3.63, 3.8) is 0 Å². The third-order valence-corrected chi connectivity index (χ3v) is 3.79. The van der Waals surface area contributed by atoms with Crippen molar-refractivity contribution in [2.45, 2.75) is 45.4 Å². The fraction of sp³-hybridized carbons (Fsp3) is 0.500. The molecule has 4 nitrogen and oxygen atoms in total. The van der Waals surface area contributed by atoms with Crippen LogP contribution in [0.3, 0.4) is 0 Å². The summed E-state index contributed by atoms with van der Waals surface area (Å²) < 4.78 is 1.70. The standard InChI is InChI=1S/C16H23ClN4/c1-2-3-4-5-6-7-11-19-15-10-8-9-14(17)16(15)21-13-18-12-20-21/h8-10,12-13,19H,2-7,11H2,1H3. The van der Waals surface area contributed by atoms with Gasteiger partial charge in [-0.25, -0.2) is 9.67 Å². The number of hydrogen-bond acceptors (Lipinski definition) is 3. The molecule has 5 heteroatoms. The number of halogens is 1. The first-order valence-electron chi connectivity index (χ1n) is 7.70. The molecule has 1 heterocycles. The minimum atomic E-state index is 0.674. The van der Waals surface area contributed by atoms with Gasteiger partial charge in [0, 0.05) is 6.54 Å². The summed E-state index contributed by atoms with van der Waals surface area (Å²) in [6, 6.07) is 5.85. The van der Waals surface area contributed by atoms with Crippen LogP contribution in [-0.4, -0.2) is 21.3 Å². The van der Waals surface area contributed by atoms with Gasteiger partial charge in [-0.2, -0.15) is 5.10 Å². The van der Waals surface area contributed by atoms with Crippen molar-refractivity contribution in [1.82, 2.24) is 14.8 Å². The van der Waals surface area contributed by atoms with Gasteiger partial charge in [-0.15, -0.1) is 0 Å². The molecule has 0 radical (unpaired) electrons. The number of benzene rings is 1. The van der Waals surface area contributed by atoms with Gasteiger partial charge in [0.15, 0.2) is 0 Å². The maximum absolute atomic E-state index is 6.29. The van der Waals surface area contributed by atoms with Gasteiger partial charge >= 0.3 is 0 Å². The first-order valence-corrected chi connectivity index (χ1v) is 8.08. The second-order valence-corrected chi connectivity index (χ2v) is 5.58. The van der Waals surface area contributed by atoms with E-state index in [1.165, 1.54) is 44.9 Å². The van der Waals surface area contributed by atoms with Gasteiger partial charge < -0.3 is 5.32 Å². The van der Waals surface area contributed by atoms with Crippen molar-refractivity contribution < 1.29 is 0 Å². The number of unbranched alkanes of at least 4 members (excludes halogenated alkanes) is 5. The minimum absolute atomic E-state index is 0.674. The van der Waals surface area contributed by atoms with E-state index in [2.05, 4.69) is 22.3 Å². The van der Waals surface area contributed by atoms with Gasteiger partial charge in [-0.1, -0.05) is 56.7 Å². The van der Waals surface area contributed by atoms with Crippen LogP contribution < -0.4 is 5.32 Å². The monoisotopic (exact) mass is 306 g/mol. The summed E-state index contributed by atoms with van der Waals surface area (Å²) in [5, 5.41) is 8.30. The fourth-order valence-electron chi connectivity index (χ4n) is 2.34. The third-order valence-electron chi connectivity index (χ3n) is 3.48. The summed E-state index contributed by atoms with van der Waals surface area (Å²) >= 11 is 6.29. The van der Waals surface area contributed by atoms with Crippen LogP contribution in [0.1, 0.15) is 45.4 Å². The number of para-hydroxylation sites is 1. The number of aromatic nitrogens is 3. The van der Waals surface area contributed by atoms with Gasteiger partial charge in [0.25, 0.3) is 0 Å². The van der Waals surface area contributed by atoms with Crippen molar-refractivity contribution >= 4 is 17.3 Å². The lowest BCUT2D eigenvalue weighted by molar-refractivity contribution is 0.617. The van der Waals surface area contributed by atoms with Crippen molar-refractivity contribution in [3.8, 4) is 5.69 Å². The second kappa shape index (κ2) is 8.67. The van der Waals surface area contributed by atoms with E-state index < -0.39 is 0 Å². The molecule has 1 N–H and O–H groups in total. The molecule has 0 atom stereocenters. The lowest BCUT2D eigenvalue weighted by Crippen LogP contribution is -2.07. The predicted molar refractivity (Wildman–Crippen MR) is 88.2 cm³/mol. The van der Waals surface area contributed by atoms with Crippen molar-refractivity contribution in [1.29, 1.82) is 0 Å². The topological polar surface area (TPSA) is 42.7 Å². The molecule has 2 aromatic rings. The fourth-order valence-corrected chi connectivity index (χ4v) is 2.60. The SMILES string of the molecule is CCCCCCCCNc1cccc(Cl)c1-n1cncn1. The zero-order chi connectivity index (χ0) is 14.9. The van der Waals surface area contributed by atoms with Crippen LogP contribution in [0.5, 0.6) is 0 Å². The van der Waals surface area contributed by atoms with E-state index in [9.17, 15) is 0 Å². The Labute approximate surface area is 131 Å². The van der Waals surface area contributed by atoms with Crippen LogP contribution in [0, 0.1) is 0 Å². The van der Waals surface area contributed by atoms with Crippen LogP contribution in [-0.2, 0) is 0 Å². The Bertz CT molecular complexity index is 525. The second-order valence-electron chi connectivity index (χ2n) is 5.17. The Balaban J connectivity index is 1.88. The highest BCUT2D eigenvalue weighted by Gasteiger charge is 2.09. The Hall–Kier alpha value is -1.55. The lowest BCUT2D eigenvalue weighted by Gasteiger charge is -2.13. The molecule has 0 bridgehead atoms. The summed E-state index contributed by atoms with van der Waals surface area (Å²) in [4.78, 5) is 3.98. The van der Waals surface area contributed by atoms with Crippen molar-refractivity contribution in [2.75, 3.05) is 11.9 Å². The van der Waals surface area contributed by atoms with Gasteiger partial charge in [0.05, 0.1) is 10.7 Å². The number of rotatable bonds is 9. The Morgan fingerprint density at radius 1 is 1.14 bits per heavy atom. The molecule has 0 amide bonds. The van der Waals surface area contributed by atoms with Crippen LogP contribution in [0.4, 0.5) is 5.69 Å². The zero-order valence-electron chi connectivity index (χ0n) is 12.6. The normalized spacial score (nSPS) is 10.8. The van der Waals surface area contributed by atoms with E-state index in [1.807, 2.05) is 18.2 Å². The van der Waals surface area contributed by atoms with Crippen LogP contribution in [0.25, 0.3) is 5.69 Å². The van der Waals surface area contributed by atoms with Crippen LogP contribution >= 0.6 is 11.6 Å². The highest BCUT2D eigenvalue weighted by atomic mass is 35.5. The van der Waals surface area contributed by atoms with Gasteiger partial charge in [-0.3, -0.25) is 0 Å². The molecule has 1 aromatic heterocycles. The molecule has 21 heavy (non-hydrogen) atoms. The Morgan fingerprint density at radius 3 is 2.71 bits per heavy atom. The van der Waals surface area contributed by atoms with E-state index in [-0.39, 0.29) is 0 Å². The van der Waals surface area contributed by atoms with Crippen LogP contribution in [0.15, 0.2) is 30.9 Å². The number of nitrogens with one attached hydrogen (secondary N) is 1. The van der Waals surface area contributed by atoms with E-state index >= 15 is 0 Å². The maximum Gasteiger partial charge on any atom is 0.138 e. The first-order chi connectivity index (χ1) is 10.3. The molecule has 0 saturated heterocycles. The molecule has 2 rings (SSSR count). The van der Waals surface area contributed by atoms with Gasteiger partial charge in [0.1, 0.15) is 18.3 Å². The molecule has 1 aromatic carbocycles. The van der Waals surface area contributed by atoms with Crippen LogP contribution in [0.2, 0.25) is 5.02 Å². The minimum Gasteiger partial charge on any atom is -0.383 e. The molecular weight excluding hydrogens is 284 g/mol. The summed E-state index contributed by atoms with van der Waals surface area (Å²) in [5.74, 6) is 0. The highest BCUT2D eigenvalue weighted by Crippen LogP contribution is 2.27. The largest absolute Gasteiger partial charge is 0.383 e. The van der Waals surface area contributed by atoms with Crippen molar-refractivity contribution in [2.24, 2.45) is 0 Å². The molecule has 0 aliphatic heterocycles. The van der Waals surface area contributed by atoms with E-state index in [1.54, 1.807) is 11.0 Å². The molecule has 0 aliphatic carbocycles. The number of nitrogens with zero attached hydrogens (tertiary/aromatic N) is 3. The van der Waals surface area contributed by atoms with E-state index in [0.29, 0.717) is 5.02 Å². The zero-order valence-corrected chi connectivity index (χ0v) is 13.3. The first kappa shape index (κ1) is 15.8. The molecule has 0 aliphatic rings. The molecule has 0 spiro atoms. The van der Waals surface area contributed by atoms with E-state index in [4.69, 9.17) is 11.6 Å². The highest BCUT2D eigenvalue weighted by molar-refractivity contribution is 6.33. The van der Waals surface area contributed by atoms with E-state index in [0.717, 1.165) is 17.9 Å². The number of hydrogen-bond donors (Lipinski definition) is 1. The Morgan fingerprint density at radius 2 is 1.95 bits per heavy atom. The summed E-state index contributed by atoms with van der Waals surface area (Å²) in [6.07, 6.45) is 10.9. The molecule has 0 fully saturated rings. The summed E-state index contributed by atoms with van der Waals surface area (Å²) in [5.41, 5.74) is 1.87. The summed E-state index contributed by atoms with van der Waals surface area (Å²) in [6.45, 7) is 3.19. The third kappa shape index (κ3) is 4.74. The quantitative estimate of drug-likeness (QED) is 0.683. The maximum atomic E-state index is 6.29. The van der Waals surface area contributed by atoms with Gasteiger partial charge in [-0.05, 0) is 18.6 Å². The average Bonchev–Trinajstić information content (AvgIpc) is 3.00. The molecule has 0 unspecified atom stereocenters. The molecule has 114 valence electrons. The van der Waals surface area contributed by atoms with Gasteiger partial charge in [0.2, 0.25) is 0 Å². The average molecular weight is 307 g/mol.